The van der Waals surface area contributed by atoms with Crippen molar-refractivity contribution in [2.24, 2.45) is 34.0 Å². The minimum atomic E-state index is -4.16. The van der Waals surface area contributed by atoms with Crippen molar-refractivity contribution < 1.29 is 32.4 Å². The van der Waals surface area contributed by atoms with E-state index in [2.05, 4.69) is 59.8 Å². The van der Waals surface area contributed by atoms with Gasteiger partial charge in [0.05, 0.1) is 6.04 Å². The first-order chi connectivity index (χ1) is 27.8. The molecule has 6 fully saturated rings. The summed E-state index contributed by atoms with van der Waals surface area (Å²) in [6.45, 7) is 21.1. The van der Waals surface area contributed by atoms with Crippen LogP contribution in [0.4, 0.5) is 0 Å². The van der Waals surface area contributed by atoms with Crippen LogP contribution in [0.25, 0.3) is 0 Å². The van der Waals surface area contributed by atoms with Crippen LogP contribution >= 0.6 is 0 Å². The van der Waals surface area contributed by atoms with Crippen LogP contribution in [0.5, 0.6) is 0 Å². The molecule has 0 radical (unpaired) electrons. The summed E-state index contributed by atoms with van der Waals surface area (Å²) in [6, 6.07) is -2.85. The minimum Gasteiger partial charge on any atom is -0.343 e. The molecule has 15 heteroatoms. The molecule has 2 spiro atoms. The molecule has 0 aromatic carbocycles. The largest absolute Gasteiger partial charge is 0.343 e. The lowest BCUT2D eigenvalue weighted by Gasteiger charge is -2.39. The highest BCUT2D eigenvalue weighted by Gasteiger charge is 2.85. The maximum Gasteiger partial charge on any atom is 0.303 e. The smallest absolute Gasteiger partial charge is 0.303 e. The first kappa shape index (κ1) is 45.5. The van der Waals surface area contributed by atoms with Gasteiger partial charge in [0.25, 0.3) is 5.91 Å². The van der Waals surface area contributed by atoms with E-state index in [0.29, 0.717) is 13.0 Å². The molecule has 4 saturated carbocycles. The number of piperidine rings is 1. The predicted molar refractivity (Wildman–Crippen MR) is 227 cm³/mol. The Balaban J connectivity index is 1.26. The van der Waals surface area contributed by atoms with Gasteiger partial charge in [-0.3, -0.25) is 28.9 Å². The number of hydrogen-bond acceptors (Lipinski definition) is 8. The molecular formula is C44H73N7O7S. The van der Waals surface area contributed by atoms with E-state index in [0.717, 1.165) is 81.5 Å². The zero-order valence-electron chi connectivity index (χ0n) is 37.0. The molecule has 0 aromatic heterocycles. The molecular weight excluding hydrogens is 771 g/mol. The van der Waals surface area contributed by atoms with Gasteiger partial charge in [0.15, 0.2) is 0 Å². The van der Waals surface area contributed by atoms with E-state index < -0.39 is 51.6 Å². The molecule has 4 N–H and O–H groups in total. The van der Waals surface area contributed by atoms with Crippen molar-refractivity contribution >= 4 is 39.7 Å². The fraction of sp³-hybridized carbons (Fsp3) is 0.841. The van der Waals surface area contributed by atoms with Gasteiger partial charge in [-0.2, -0.15) is 12.7 Å². The Labute approximate surface area is 353 Å². The summed E-state index contributed by atoms with van der Waals surface area (Å²) in [5.74, 6) is -3.13. The topological polar surface area (TPSA) is 177 Å². The SMILES string of the molecule is C=C[C@@H]1C[C@]1(NC(=O)[C@@H]1C[C@@]2(CN1C(=O)[C@@H](NC(=O)[C@@H](NC(=O)[C@@H]1CCCCN1C(C)C)C1CCCCC1)C(C)C)C(C)(C)C21CCC1)C(=O)NS(=O)(=O)N(CC)CC. The Kier molecular flexibility index (Phi) is 13.1. The molecule has 0 aromatic rings. The monoisotopic (exact) mass is 844 g/mol. The molecule has 7 atom stereocenters. The van der Waals surface area contributed by atoms with Crippen molar-refractivity contribution in [3.63, 3.8) is 0 Å². The Morgan fingerprint density at radius 3 is 2.00 bits per heavy atom. The highest BCUT2D eigenvalue weighted by molar-refractivity contribution is 7.87. The Hall–Kier alpha value is -3.04. The average Bonchev–Trinajstić information content (AvgIpc) is 3.91. The van der Waals surface area contributed by atoms with E-state index in [1.54, 1.807) is 24.8 Å². The zero-order valence-corrected chi connectivity index (χ0v) is 37.8. The highest BCUT2D eigenvalue weighted by atomic mass is 32.2. The van der Waals surface area contributed by atoms with E-state index >= 15 is 4.79 Å². The summed E-state index contributed by atoms with van der Waals surface area (Å²) in [7, 11) is -4.16. The fourth-order valence-electron chi connectivity index (χ4n) is 12.1. The third kappa shape index (κ3) is 7.87. The quantitative estimate of drug-likeness (QED) is 0.169. The number of amides is 5. The van der Waals surface area contributed by atoms with Crippen LogP contribution in [0, 0.1) is 34.0 Å². The second kappa shape index (κ2) is 17.0. The Morgan fingerprint density at radius 1 is 0.831 bits per heavy atom. The van der Waals surface area contributed by atoms with E-state index in [1.165, 1.54) is 0 Å². The van der Waals surface area contributed by atoms with Crippen molar-refractivity contribution in [3.8, 4) is 0 Å². The van der Waals surface area contributed by atoms with Crippen LogP contribution in [-0.2, 0) is 34.2 Å². The lowest BCUT2D eigenvalue weighted by Crippen LogP contribution is -2.62. The number of carbonyl (C=O) groups excluding carboxylic acids is 5. The molecule has 2 heterocycles. The minimum absolute atomic E-state index is 0.0143. The summed E-state index contributed by atoms with van der Waals surface area (Å²) in [5, 5.41) is 9.25. The van der Waals surface area contributed by atoms with Gasteiger partial charge in [-0.25, -0.2) is 4.72 Å². The van der Waals surface area contributed by atoms with Gasteiger partial charge >= 0.3 is 10.2 Å². The van der Waals surface area contributed by atoms with E-state index in [-0.39, 0.29) is 77.4 Å². The number of rotatable bonds is 16. The molecule has 59 heavy (non-hydrogen) atoms. The van der Waals surface area contributed by atoms with Gasteiger partial charge in [0.2, 0.25) is 23.6 Å². The van der Waals surface area contributed by atoms with Crippen LogP contribution in [0.15, 0.2) is 12.7 Å². The molecule has 0 unspecified atom stereocenters. The van der Waals surface area contributed by atoms with E-state index in [4.69, 9.17) is 0 Å². The van der Waals surface area contributed by atoms with E-state index in [9.17, 15) is 27.6 Å². The maximum atomic E-state index is 15.1. The van der Waals surface area contributed by atoms with Crippen LogP contribution in [0.2, 0.25) is 0 Å². The van der Waals surface area contributed by atoms with Gasteiger partial charge in [0, 0.05) is 37.0 Å². The van der Waals surface area contributed by atoms with Crippen molar-refractivity contribution in [2.45, 2.75) is 175 Å². The molecule has 2 saturated heterocycles. The second-order valence-corrected chi connectivity index (χ2v) is 21.5. The van der Waals surface area contributed by atoms with Gasteiger partial charge < -0.3 is 20.9 Å². The molecule has 6 rings (SSSR count). The molecule has 0 bridgehead atoms. The number of hydrogen-bond donors (Lipinski definition) is 4. The highest BCUT2D eigenvalue weighted by Crippen LogP contribution is 2.88. The lowest BCUT2D eigenvalue weighted by atomic mass is 9.73. The molecule has 6 aliphatic rings. The molecule has 4 aliphatic carbocycles. The average molecular weight is 844 g/mol. The van der Waals surface area contributed by atoms with E-state index in [1.807, 2.05) is 13.8 Å². The Bertz CT molecular complexity index is 1750. The molecule has 14 nitrogen and oxygen atoms in total. The normalized spacial score (nSPS) is 31.1. The van der Waals surface area contributed by atoms with Crippen LogP contribution in [0.1, 0.15) is 139 Å². The number of fused-ring (bicyclic) bond motifs is 1. The van der Waals surface area contributed by atoms with Crippen molar-refractivity contribution in [2.75, 3.05) is 26.2 Å². The number of carbonyl (C=O) groups is 5. The van der Waals surface area contributed by atoms with Crippen molar-refractivity contribution in [1.29, 1.82) is 0 Å². The first-order valence-electron chi connectivity index (χ1n) is 22.7. The third-order valence-electron chi connectivity index (χ3n) is 16.2. The van der Waals surface area contributed by atoms with Gasteiger partial charge in [0.1, 0.15) is 23.7 Å². The van der Waals surface area contributed by atoms with Crippen LogP contribution < -0.4 is 20.7 Å². The zero-order chi connectivity index (χ0) is 43.3. The fourth-order valence-corrected chi connectivity index (χ4v) is 13.4. The second-order valence-electron chi connectivity index (χ2n) is 19.8. The standard InChI is InChI=1S/C44H73N7O7S/c1-10-31-25-44(31,40(56)48-59(57,58)49(11-2)12-3)47-37(53)33-26-43(41(8,9)42(43)22-18-23-42)27-51(33)39(55)34(28(4)5)45-38(54)35(30-19-14-13-15-20-30)46-36(52)32-21-16-17-24-50(32)29(6)7/h10,28-35H,1,11-27H2,2-9H3,(H,45,54)(H,46,52)(H,47,53)(H,48,56)/t31-,32+,33+,34+,35+,43-,44-/m1/s1. The van der Waals surface area contributed by atoms with Crippen molar-refractivity contribution in [3.05, 3.63) is 12.7 Å². The Morgan fingerprint density at radius 2 is 1.47 bits per heavy atom. The van der Waals surface area contributed by atoms with Crippen LogP contribution in [0.3, 0.4) is 0 Å². The third-order valence-corrected chi connectivity index (χ3v) is 17.8. The van der Waals surface area contributed by atoms with Gasteiger partial charge in [-0.05, 0) is 94.4 Å². The lowest BCUT2D eigenvalue weighted by molar-refractivity contribution is -0.144. The molecule has 5 amide bonds. The number of nitrogens with zero attached hydrogens (tertiary/aromatic N) is 3. The summed E-state index contributed by atoms with van der Waals surface area (Å²) in [4.78, 5) is 76.0. The molecule has 2 aliphatic heterocycles. The number of likely N-dealkylation sites (tertiary alicyclic amines) is 2. The summed E-state index contributed by atoms with van der Waals surface area (Å²) >= 11 is 0. The summed E-state index contributed by atoms with van der Waals surface area (Å²) in [6.07, 6.45) is 12.6. The number of nitrogens with one attached hydrogen (secondary N) is 4. The molecule has 332 valence electrons. The van der Waals surface area contributed by atoms with Gasteiger partial charge in [-0.15, -0.1) is 6.58 Å². The van der Waals surface area contributed by atoms with Crippen LogP contribution in [-0.4, -0.2) is 114 Å². The maximum absolute atomic E-state index is 15.1. The predicted octanol–water partition coefficient (Wildman–Crippen LogP) is 4.02. The first-order valence-corrected chi connectivity index (χ1v) is 24.2. The summed E-state index contributed by atoms with van der Waals surface area (Å²) < 4.78 is 29.6. The summed E-state index contributed by atoms with van der Waals surface area (Å²) in [5.41, 5.74) is -2.01. The van der Waals surface area contributed by atoms with Crippen molar-refractivity contribution in [1.82, 2.24) is 34.8 Å². The van der Waals surface area contributed by atoms with Gasteiger partial charge in [-0.1, -0.05) is 79.7 Å².